The SMILES string of the molecule is CC1CCC(C(O)C(F)(F)F)O1. The molecule has 0 aromatic rings. The van der Waals surface area contributed by atoms with Gasteiger partial charge in [0.05, 0.1) is 12.2 Å². The van der Waals surface area contributed by atoms with E-state index in [4.69, 9.17) is 9.84 Å². The summed E-state index contributed by atoms with van der Waals surface area (Å²) in [7, 11) is 0. The van der Waals surface area contributed by atoms with Crippen molar-refractivity contribution in [2.24, 2.45) is 0 Å². The first kappa shape index (κ1) is 9.80. The molecule has 72 valence electrons. The summed E-state index contributed by atoms with van der Waals surface area (Å²) in [5.74, 6) is 0. The van der Waals surface area contributed by atoms with Crippen LogP contribution in [-0.2, 0) is 4.74 Å². The lowest BCUT2D eigenvalue weighted by atomic mass is 10.1. The van der Waals surface area contributed by atoms with E-state index in [9.17, 15) is 13.2 Å². The molecule has 1 aliphatic heterocycles. The van der Waals surface area contributed by atoms with Crippen LogP contribution in [0.4, 0.5) is 13.2 Å². The van der Waals surface area contributed by atoms with Crippen LogP contribution in [0.1, 0.15) is 19.8 Å². The van der Waals surface area contributed by atoms with E-state index in [-0.39, 0.29) is 12.5 Å². The van der Waals surface area contributed by atoms with Gasteiger partial charge in [-0.15, -0.1) is 0 Å². The maximum absolute atomic E-state index is 11.9. The van der Waals surface area contributed by atoms with Gasteiger partial charge in [-0.2, -0.15) is 13.2 Å². The summed E-state index contributed by atoms with van der Waals surface area (Å²) in [6, 6.07) is 0. The molecule has 1 saturated heterocycles. The lowest BCUT2D eigenvalue weighted by Crippen LogP contribution is -2.39. The molecule has 0 radical (unpaired) electrons. The maximum atomic E-state index is 11.9. The molecule has 1 N–H and O–H groups in total. The maximum Gasteiger partial charge on any atom is 0.416 e. The Labute approximate surface area is 68.3 Å². The molecule has 0 aromatic carbocycles. The number of hydrogen-bond donors (Lipinski definition) is 1. The first-order chi connectivity index (χ1) is 5.41. The Bertz CT molecular complexity index is 157. The number of halogens is 3. The van der Waals surface area contributed by atoms with Gasteiger partial charge in [0.25, 0.3) is 0 Å². The van der Waals surface area contributed by atoms with Gasteiger partial charge in [0, 0.05) is 0 Å². The predicted molar refractivity (Wildman–Crippen MR) is 35.6 cm³/mol. The molecule has 1 fully saturated rings. The van der Waals surface area contributed by atoms with Crippen molar-refractivity contribution in [3.8, 4) is 0 Å². The smallest absolute Gasteiger partial charge is 0.381 e. The van der Waals surface area contributed by atoms with E-state index in [0.717, 1.165) is 0 Å². The van der Waals surface area contributed by atoms with E-state index < -0.39 is 18.4 Å². The highest BCUT2D eigenvalue weighted by Crippen LogP contribution is 2.30. The molecule has 1 heterocycles. The average Bonchev–Trinajstić information content (AvgIpc) is 2.32. The Morgan fingerprint density at radius 3 is 2.33 bits per heavy atom. The van der Waals surface area contributed by atoms with Gasteiger partial charge in [0.1, 0.15) is 0 Å². The van der Waals surface area contributed by atoms with Gasteiger partial charge in [-0.3, -0.25) is 0 Å². The van der Waals surface area contributed by atoms with E-state index in [2.05, 4.69) is 0 Å². The predicted octanol–water partition coefficient (Wildman–Crippen LogP) is 1.48. The van der Waals surface area contributed by atoms with Crippen molar-refractivity contribution in [2.45, 2.75) is 44.3 Å². The van der Waals surface area contributed by atoms with E-state index in [1.807, 2.05) is 0 Å². The van der Waals surface area contributed by atoms with Crippen LogP contribution >= 0.6 is 0 Å². The highest BCUT2D eigenvalue weighted by Gasteiger charge is 2.46. The minimum atomic E-state index is -4.56. The van der Waals surface area contributed by atoms with E-state index in [1.54, 1.807) is 6.92 Å². The van der Waals surface area contributed by atoms with Crippen molar-refractivity contribution in [1.82, 2.24) is 0 Å². The fourth-order valence-corrected chi connectivity index (χ4v) is 1.28. The van der Waals surface area contributed by atoms with Crippen LogP contribution in [0.5, 0.6) is 0 Å². The number of rotatable bonds is 1. The minimum absolute atomic E-state index is 0.174. The molecule has 0 bridgehead atoms. The van der Waals surface area contributed by atoms with Crippen LogP contribution in [0.25, 0.3) is 0 Å². The Kier molecular flexibility index (Phi) is 2.63. The topological polar surface area (TPSA) is 29.5 Å². The van der Waals surface area contributed by atoms with E-state index in [1.165, 1.54) is 0 Å². The molecule has 3 atom stereocenters. The van der Waals surface area contributed by atoms with Gasteiger partial charge in [-0.1, -0.05) is 0 Å². The highest BCUT2D eigenvalue weighted by atomic mass is 19.4. The third kappa shape index (κ3) is 2.10. The fourth-order valence-electron chi connectivity index (χ4n) is 1.28. The van der Waals surface area contributed by atoms with Crippen LogP contribution in [0.3, 0.4) is 0 Å². The Morgan fingerprint density at radius 2 is 2.00 bits per heavy atom. The summed E-state index contributed by atoms with van der Waals surface area (Å²) in [6.07, 6.45) is -7.27. The molecular weight excluding hydrogens is 173 g/mol. The summed E-state index contributed by atoms with van der Waals surface area (Å²) >= 11 is 0. The quantitative estimate of drug-likeness (QED) is 0.668. The van der Waals surface area contributed by atoms with Crippen molar-refractivity contribution in [2.75, 3.05) is 0 Å². The van der Waals surface area contributed by atoms with Gasteiger partial charge in [-0.25, -0.2) is 0 Å². The molecule has 0 aromatic heterocycles. The highest BCUT2D eigenvalue weighted by molar-refractivity contribution is 4.81. The Balaban J connectivity index is 2.48. The van der Waals surface area contributed by atoms with Crippen LogP contribution in [0.15, 0.2) is 0 Å². The van der Waals surface area contributed by atoms with E-state index in [0.29, 0.717) is 6.42 Å². The zero-order valence-corrected chi connectivity index (χ0v) is 6.64. The van der Waals surface area contributed by atoms with Gasteiger partial charge >= 0.3 is 6.18 Å². The molecule has 12 heavy (non-hydrogen) atoms. The fraction of sp³-hybridized carbons (Fsp3) is 1.00. The largest absolute Gasteiger partial charge is 0.416 e. The third-order valence-electron chi connectivity index (χ3n) is 1.95. The summed E-state index contributed by atoms with van der Waals surface area (Å²) in [5.41, 5.74) is 0. The molecule has 2 nitrogen and oxygen atoms in total. The Morgan fingerprint density at radius 1 is 1.42 bits per heavy atom. The number of alkyl halides is 3. The van der Waals surface area contributed by atoms with Crippen molar-refractivity contribution in [1.29, 1.82) is 0 Å². The van der Waals surface area contributed by atoms with Crippen LogP contribution in [0, 0.1) is 0 Å². The van der Waals surface area contributed by atoms with Crippen LogP contribution < -0.4 is 0 Å². The molecule has 5 heteroatoms. The van der Waals surface area contributed by atoms with Gasteiger partial charge in [0.15, 0.2) is 6.10 Å². The van der Waals surface area contributed by atoms with Gasteiger partial charge < -0.3 is 9.84 Å². The zero-order chi connectivity index (χ0) is 9.35. The monoisotopic (exact) mass is 184 g/mol. The molecule has 3 unspecified atom stereocenters. The zero-order valence-electron chi connectivity index (χ0n) is 6.64. The number of ether oxygens (including phenoxy) is 1. The van der Waals surface area contributed by atoms with Crippen LogP contribution in [0.2, 0.25) is 0 Å². The molecule has 0 saturated carbocycles. The van der Waals surface area contributed by atoms with Crippen molar-refractivity contribution < 1.29 is 23.0 Å². The molecule has 1 aliphatic rings. The lowest BCUT2D eigenvalue weighted by Gasteiger charge is -2.20. The lowest BCUT2D eigenvalue weighted by molar-refractivity contribution is -0.233. The first-order valence-electron chi connectivity index (χ1n) is 3.81. The van der Waals surface area contributed by atoms with Crippen LogP contribution in [-0.4, -0.2) is 29.6 Å². The van der Waals surface area contributed by atoms with Gasteiger partial charge in [-0.05, 0) is 19.8 Å². The second-order valence-electron chi connectivity index (χ2n) is 3.05. The van der Waals surface area contributed by atoms with Crippen molar-refractivity contribution >= 4 is 0 Å². The Hall–Kier alpha value is -0.290. The summed E-state index contributed by atoms with van der Waals surface area (Å²) in [5, 5.41) is 8.75. The standard InChI is InChI=1S/C7H11F3O2/c1-4-2-3-5(12-4)6(11)7(8,9)10/h4-6,11H,2-3H2,1H3. The second-order valence-corrected chi connectivity index (χ2v) is 3.05. The minimum Gasteiger partial charge on any atom is -0.381 e. The second kappa shape index (κ2) is 3.22. The molecular formula is C7H11F3O2. The third-order valence-corrected chi connectivity index (χ3v) is 1.95. The number of hydrogen-bond acceptors (Lipinski definition) is 2. The number of aliphatic hydroxyl groups excluding tert-OH is 1. The first-order valence-corrected chi connectivity index (χ1v) is 3.81. The molecule has 0 aliphatic carbocycles. The summed E-state index contributed by atoms with van der Waals surface area (Å²) in [4.78, 5) is 0. The molecule has 1 rings (SSSR count). The molecule has 0 spiro atoms. The normalized spacial score (nSPS) is 33.8. The number of aliphatic hydroxyl groups is 1. The molecule has 0 amide bonds. The summed E-state index contributed by atoms with van der Waals surface area (Å²) < 4.78 is 40.6. The van der Waals surface area contributed by atoms with Gasteiger partial charge in [0.2, 0.25) is 0 Å². The van der Waals surface area contributed by atoms with Crippen molar-refractivity contribution in [3.63, 3.8) is 0 Å². The van der Waals surface area contributed by atoms with E-state index >= 15 is 0 Å². The summed E-state index contributed by atoms with van der Waals surface area (Å²) in [6.45, 7) is 1.70. The van der Waals surface area contributed by atoms with Crippen molar-refractivity contribution in [3.05, 3.63) is 0 Å². The average molecular weight is 184 g/mol.